The Balaban J connectivity index is 1.92. The lowest BCUT2D eigenvalue weighted by molar-refractivity contribution is -0.274. The van der Waals surface area contributed by atoms with Gasteiger partial charge in [0.15, 0.2) is 0 Å². The Hall–Kier alpha value is -3.48. The van der Waals surface area contributed by atoms with Crippen molar-refractivity contribution >= 4 is 5.97 Å². The van der Waals surface area contributed by atoms with E-state index in [1.54, 1.807) is 6.07 Å². The number of alkyl halides is 3. The molecule has 28 heavy (non-hydrogen) atoms. The van der Waals surface area contributed by atoms with Gasteiger partial charge < -0.3 is 14.6 Å². The third-order valence-corrected chi connectivity index (χ3v) is 3.87. The van der Waals surface area contributed by atoms with Crippen LogP contribution < -0.4 is 9.47 Å². The molecule has 0 saturated carbocycles. The van der Waals surface area contributed by atoms with Crippen molar-refractivity contribution in [2.24, 2.45) is 0 Å². The van der Waals surface area contributed by atoms with Crippen molar-refractivity contribution < 1.29 is 32.5 Å². The van der Waals surface area contributed by atoms with Gasteiger partial charge in [-0.25, -0.2) is 4.79 Å². The highest BCUT2D eigenvalue weighted by Gasteiger charge is 2.32. The third-order valence-electron chi connectivity index (χ3n) is 3.87. The van der Waals surface area contributed by atoms with Crippen molar-refractivity contribution in [1.29, 1.82) is 0 Å². The summed E-state index contributed by atoms with van der Waals surface area (Å²) in [6.07, 6.45) is -4.86. The second kappa shape index (κ2) is 8.04. The normalized spacial score (nSPS) is 11.1. The molecule has 0 amide bonds. The molecule has 3 aromatic carbocycles. The lowest BCUT2D eigenvalue weighted by atomic mass is 10.0. The highest BCUT2D eigenvalue weighted by Crippen LogP contribution is 2.35. The Kier molecular flexibility index (Phi) is 5.54. The Labute approximate surface area is 158 Å². The van der Waals surface area contributed by atoms with E-state index in [1.165, 1.54) is 36.4 Å². The summed E-state index contributed by atoms with van der Waals surface area (Å²) in [7, 11) is 0. The molecule has 0 spiro atoms. The van der Waals surface area contributed by atoms with E-state index in [0.717, 1.165) is 5.56 Å². The summed E-state index contributed by atoms with van der Waals surface area (Å²) >= 11 is 0. The highest BCUT2D eigenvalue weighted by molar-refractivity contribution is 5.93. The SMILES string of the molecule is O=C(O)c1cc(-c2ccccc2OC(F)(F)F)ccc1OCc1ccccc1. The molecule has 0 atom stereocenters. The molecule has 3 rings (SSSR count). The lowest BCUT2D eigenvalue weighted by Crippen LogP contribution is -2.17. The van der Waals surface area contributed by atoms with Crippen LogP contribution in [-0.4, -0.2) is 17.4 Å². The Morgan fingerprint density at radius 2 is 1.57 bits per heavy atom. The molecule has 0 aromatic heterocycles. The molecule has 0 saturated heterocycles. The van der Waals surface area contributed by atoms with Crippen LogP contribution in [0.15, 0.2) is 72.8 Å². The number of aromatic carboxylic acids is 1. The Bertz CT molecular complexity index is 969. The number of para-hydroxylation sites is 1. The minimum atomic E-state index is -4.86. The number of hydrogen-bond acceptors (Lipinski definition) is 3. The molecule has 0 fully saturated rings. The number of ether oxygens (including phenoxy) is 2. The van der Waals surface area contributed by atoms with Gasteiger partial charge in [-0.05, 0) is 29.3 Å². The first kappa shape index (κ1) is 19.3. The molecule has 0 heterocycles. The van der Waals surface area contributed by atoms with Gasteiger partial charge in [0.05, 0.1) is 0 Å². The van der Waals surface area contributed by atoms with Crippen LogP contribution in [-0.2, 0) is 6.61 Å². The van der Waals surface area contributed by atoms with Crippen LogP contribution in [0.5, 0.6) is 11.5 Å². The van der Waals surface area contributed by atoms with E-state index in [0.29, 0.717) is 0 Å². The van der Waals surface area contributed by atoms with E-state index < -0.39 is 18.1 Å². The van der Waals surface area contributed by atoms with E-state index in [9.17, 15) is 23.1 Å². The highest BCUT2D eigenvalue weighted by atomic mass is 19.4. The van der Waals surface area contributed by atoms with Crippen LogP contribution in [0.4, 0.5) is 13.2 Å². The fourth-order valence-corrected chi connectivity index (χ4v) is 2.64. The van der Waals surface area contributed by atoms with Crippen molar-refractivity contribution in [3.63, 3.8) is 0 Å². The molecular weight excluding hydrogens is 373 g/mol. The fourth-order valence-electron chi connectivity index (χ4n) is 2.64. The second-order valence-electron chi connectivity index (χ2n) is 5.83. The standard InChI is InChI=1S/C21H15F3O4/c22-21(23,24)28-19-9-5-4-8-16(19)15-10-11-18(17(12-15)20(25)26)27-13-14-6-2-1-3-7-14/h1-12H,13H2,(H,25,26). The van der Waals surface area contributed by atoms with Crippen molar-refractivity contribution in [2.45, 2.75) is 13.0 Å². The average Bonchev–Trinajstić information content (AvgIpc) is 2.66. The van der Waals surface area contributed by atoms with Crippen LogP contribution in [0.2, 0.25) is 0 Å². The van der Waals surface area contributed by atoms with E-state index in [-0.39, 0.29) is 29.0 Å². The maximum atomic E-state index is 12.6. The van der Waals surface area contributed by atoms with Crippen LogP contribution in [0.3, 0.4) is 0 Å². The van der Waals surface area contributed by atoms with Gasteiger partial charge in [0.25, 0.3) is 0 Å². The van der Waals surface area contributed by atoms with Crippen LogP contribution >= 0.6 is 0 Å². The number of hydrogen-bond donors (Lipinski definition) is 1. The van der Waals surface area contributed by atoms with Gasteiger partial charge in [0.2, 0.25) is 0 Å². The van der Waals surface area contributed by atoms with Gasteiger partial charge in [0, 0.05) is 5.56 Å². The molecule has 7 heteroatoms. The van der Waals surface area contributed by atoms with Crippen LogP contribution in [0, 0.1) is 0 Å². The third kappa shape index (κ3) is 4.82. The molecule has 0 aliphatic rings. The number of benzene rings is 3. The molecule has 0 unspecified atom stereocenters. The number of halogens is 3. The average molecular weight is 388 g/mol. The van der Waals surface area contributed by atoms with Crippen molar-refractivity contribution in [3.8, 4) is 22.6 Å². The first-order valence-corrected chi connectivity index (χ1v) is 8.23. The number of carboxylic acid groups (broad SMARTS) is 1. The second-order valence-corrected chi connectivity index (χ2v) is 5.83. The molecule has 0 aliphatic carbocycles. The monoisotopic (exact) mass is 388 g/mol. The van der Waals surface area contributed by atoms with E-state index in [4.69, 9.17) is 4.74 Å². The lowest BCUT2D eigenvalue weighted by Gasteiger charge is -2.15. The zero-order chi connectivity index (χ0) is 20.1. The maximum absolute atomic E-state index is 12.6. The van der Waals surface area contributed by atoms with E-state index in [2.05, 4.69) is 4.74 Å². The quantitative estimate of drug-likeness (QED) is 0.603. The predicted octanol–water partition coefficient (Wildman–Crippen LogP) is 5.53. The molecule has 0 aliphatic heterocycles. The summed E-state index contributed by atoms with van der Waals surface area (Å²) in [5.41, 5.74) is 1.09. The van der Waals surface area contributed by atoms with Gasteiger partial charge in [-0.3, -0.25) is 0 Å². The summed E-state index contributed by atoms with van der Waals surface area (Å²) in [4.78, 5) is 11.6. The van der Waals surface area contributed by atoms with Gasteiger partial charge in [-0.2, -0.15) is 0 Å². The van der Waals surface area contributed by atoms with Gasteiger partial charge in [-0.1, -0.05) is 54.6 Å². The van der Waals surface area contributed by atoms with Crippen molar-refractivity contribution in [2.75, 3.05) is 0 Å². The molecular formula is C21H15F3O4. The number of carboxylic acids is 1. The summed E-state index contributed by atoms with van der Waals surface area (Å²) in [6.45, 7) is 0.161. The summed E-state index contributed by atoms with van der Waals surface area (Å²) in [5, 5.41) is 9.50. The molecule has 3 aromatic rings. The number of rotatable bonds is 6. The first-order chi connectivity index (χ1) is 13.3. The van der Waals surface area contributed by atoms with Crippen LogP contribution in [0.1, 0.15) is 15.9 Å². The van der Waals surface area contributed by atoms with Gasteiger partial charge in [-0.15, -0.1) is 13.2 Å². The molecule has 0 radical (unpaired) electrons. The minimum absolute atomic E-state index is 0.120. The number of carbonyl (C=O) groups is 1. The van der Waals surface area contributed by atoms with Crippen molar-refractivity contribution in [1.82, 2.24) is 0 Å². The van der Waals surface area contributed by atoms with Crippen LogP contribution in [0.25, 0.3) is 11.1 Å². The summed E-state index contributed by atoms with van der Waals surface area (Å²) < 4.78 is 47.5. The molecule has 4 nitrogen and oxygen atoms in total. The van der Waals surface area contributed by atoms with Crippen molar-refractivity contribution in [3.05, 3.63) is 83.9 Å². The predicted molar refractivity (Wildman–Crippen MR) is 96.3 cm³/mol. The molecule has 144 valence electrons. The largest absolute Gasteiger partial charge is 0.573 e. The summed E-state index contributed by atoms with van der Waals surface area (Å²) in [5.74, 6) is -1.54. The fraction of sp³-hybridized carbons (Fsp3) is 0.0952. The zero-order valence-corrected chi connectivity index (χ0v) is 14.4. The van der Waals surface area contributed by atoms with Gasteiger partial charge in [0.1, 0.15) is 23.7 Å². The van der Waals surface area contributed by atoms with E-state index >= 15 is 0 Å². The maximum Gasteiger partial charge on any atom is 0.573 e. The van der Waals surface area contributed by atoms with Gasteiger partial charge >= 0.3 is 12.3 Å². The smallest absolute Gasteiger partial charge is 0.488 e. The zero-order valence-electron chi connectivity index (χ0n) is 14.4. The Morgan fingerprint density at radius 3 is 2.25 bits per heavy atom. The minimum Gasteiger partial charge on any atom is -0.488 e. The first-order valence-electron chi connectivity index (χ1n) is 8.23. The topological polar surface area (TPSA) is 55.8 Å². The van der Waals surface area contributed by atoms with E-state index in [1.807, 2.05) is 30.3 Å². The molecule has 1 N–H and O–H groups in total. The molecule has 0 bridgehead atoms. The Morgan fingerprint density at radius 1 is 0.893 bits per heavy atom. The summed E-state index contributed by atoms with van der Waals surface area (Å²) in [6, 6.07) is 18.9.